The highest BCUT2D eigenvalue weighted by Gasteiger charge is 2.18. The van der Waals surface area contributed by atoms with Crippen LogP contribution in [-0.4, -0.2) is 10.8 Å². The second-order valence-electron chi connectivity index (χ2n) is 4.03. The van der Waals surface area contributed by atoms with Gasteiger partial charge in [0.15, 0.2) is 0 Å². The van der Waals surface area contributed by atoms with E-state index in [9.17, 15) is 10.1 Å². The summed E-state index contributed by atoms with van der Waals surface area (Å²) in [5, 5.41) is 19.1. The van der Waals surface area contributed by atoms with Crippen molar-refractivity contribution in [2.45, 2.75) is 0 Å². The van der Waals surface area contributed by atoms with Crippen molar-refractivity contribution in [3.63, 3.8) is 0 Å². The van der Waals surface area contributed by atoms with Crippen LogP contribution in [0.25, 0.3) is 0 Å². The maximum Gasteiger partial charge on any atom is 0.311 e. The third-order valence-electron chi connectivity index (χ3n) is 2.57. The molecule has 0 fully saturated rings. The monoisotopic (exact) mass is 325 g/mol. The number of nitro groups is 1. The number of benzene rings is 2. The number of nitrogen functional groups attached to an aromatic ring is 1. The summed E-state index contributed by atoms with van der Waals surface area (Å²) in [6.07, 6.45) is 0. The third kappa shape index (κ3) is 3.42. The van der Waals surface area contributed by atoms with Gasteiger partial charge < -0.3 is 10.5 Å². The van der Waals surface area contributed by atoms with E-state index < -0.39 is 4.92 Å². The molecule has 0 aliphatic rings. The Balaban J connectivity index is 2.50. The minimum atomic E-state index is -0.588. The van der Waals surface area contributed by atoms with Crippen LogP contribution in [0.2, 0.25) is 10.0 Å². The number of nitrogens with one attached hydrogen (secondary N) is 1. The highest BCUT2D eigenvalue weighted by Crippen LogP contribution is 2.35. The zero-order valence-corrected chi connectivity index (χ0v) is 12.0. The van der Waals surface area contributed by atoms with Crippen molar-refractivity contribution >= 4 is 34.7 Å². The number of hydrogen-bond acceptors (Lipinski definition) is 4. The number of nitrogens with two attached hydrogens (primary N) is 1. The summed E-state index contributed by atoms with van der Waals surface area (Å²) in [6, 6.07) is 8.39. The molecule has 2 rings (SSSR count). The second-order valence-corrected chi connectivity index (χ2v) is 4.90. The Morgan fingerprint density at radius 3 is 2.38 bits per heavy atom. The standard InChI is InChI=1S/C13H9Cl2N3O3/c14-7-2-4-11(9(5-7)13(16)17)21-12-6-8(15)1-3-10(12)18(19)20/h1-6H,(H3,16,17). The first-order valence-corrected chi connectivity index (χ1v) is 6.40. The first kappa shape index (κ1) is 15.1. The van der Waals surface area contributed by atoms with Gasteiger partial charge >= 0.3 is 5.69 Å². The fourth-order valence-corrected chi connectivity index (χ4v) is 1.97. The minimum Gasteiger partial charge on any atom is -0.449 e. The van der Waals surface area contributed by atoms with Gasteiger partial charge in [-0.3, -0.25) is 15.5 Å². The molecule has 21 heavy (non-hydrogen) atoms. The molecule has 0 unspecified atom stereocenters. The van der Waals surface area contributed by atoms with Crippen molar-refractivity contribution in [1.29, 1.82) is 5.41 Å². The van der Waals surface area contributed by atoms with Crippen molar-refractivity contribution in [2.24, 2.45) is 5.73 Å². The number of amidine groups is 1. The van der Waals surface area contributed by atoms with Crippen LogP contribution >= 0.6 is 23.2 Å². The van der Waals surface area contributed by atoms with Gasteiger partial charge in [-0.1, -0.05) is 23.2 Å². The molecule has 0 saturated carbocycles. The van der Waals surface area contributed by atoms with Crippen LogP contribution < -0.4 is 10.5 Å². The maximum absolute atomic E-state index is 11.0. The van der Waals surface area contributed by atoms with Gasteiger partial charge in [0, 0.05) is 22.2 Å². The topological polar surface area (TPSA) is 102 Å². The molecule has 0 aromatic heterocycles. The Morgan fingerprint density at radius 2 is 1.76 bits per heavy atom. The third-order valence-corrected chi connectivity index (χ3v) is 3.04. The van der Waals surface area contributed by atoms with E-state index in [2.05, 4.69) is 0 Å². The lowest BCUT2D eigenvalue weighted by Gasteiger charge is -2.11. The van der Waals surface area contributed by atoms with E-state index in [1.165, 1.54) is 36.4 Å². The largest absolute Gasteiger partial charge is 0.449 e. The molecule has 3 N–H and O–H groups in total. The van der Waals surface area contributed by atoms with E-state index in [1.54, 1.807) is 0 Å². The summed E-state index contributed by atoms with van der Waals surface area (Å²) in [6.45, 7) is 0. The van der Waals surface area contributed by atoms with Crippen LogP contribution in [-0.2, 0) is 0 Å². The van der Waals surface area contributed by atoms with Gasteiger partial charge in [0.1, 0.15) is 11.6 Å². The summed E-state index contributed by atoms with van der Waals surface area (Å²) < 4.78 is 5.49. The van der Waals surface area contributed by atoms with Gasteiger partial charge in [-0.25, -0.2) is 0 Å². The van der Waals surface area contributed by atoms with Gasteiger partial charge in [0.2, 0.25) is 5.75 Å². The van der Waals surface area contributed by atoms with E-state index in [0.29, 0.717) is 5.02 Å². The van der Waals surface area contributed by atoms with E-state index in [4.69, 9.17) is 39.1 Å². The van der Waals surface area contributed by atoms with Crippen LogP contribution in [0.4, 0.5) is 5.69 Å². The Hall–Kier alpha value is -2.31. The molecule has 8 heteroatoms. The van der Waals surface area contributed by atoms with Crippen LogP contribution in [0.15, 0.2) is 36.4 Å². The summed E-state index contributed by atoms with van der Waals surface area (Å²) in [7, 11) is 0. The molecule has 2 aromatic rings. The summed E-state index contributed by atoms with van der Waals surface area (Å²) in [5.74, 6) is -0.133. The van der Waals surface area contributed by atoms with Gasteiger partial charge in [0.05, 0.1) is 10.5 Å². The molecule has 0 saturated heterocycles. The SMILES string of the molecule is N=C(N)c1cc(Cl)ccc1Oc1cc(Cl)ccc1[N+](=O)[O-]. The van der Waals surface area contributed by atoms with E-state index in [0.717, 1.165) is 0 Å². The highest BCUT2D eigenvalue weighted by molar-refractivity contribution is 6.31. The maximum atomic E-state index is 11.0. The van der Waals surface area contributed by atoms with Crippen LogP contribution in [0.5, 0.6) is 11.5 Å². The quantitative estimate of drug-likeness (QED) is 0.384. The molecule has 2 aromatic carbocycles. The normalized spacial score (nSPS) is 10.2. The molecule has 0 radical (unpaired) electrons. The predicted molar refractivity (Wildman–Crippen MR) is 80.6 cm³/mol. The summed E-state index contributed by atoms with van der Waals surface area (Å²) >= 11 is 11.7. The summed E-state index contributed by atoms with van der Waals surface area (Å²) in [4.78, 5) is 10.4. The van der Waals surface area contributed by atoms with Gasteiger partial charge in [0.25, 0.3) is 0 Å². The zero-order valence-electron chi connectivity index (χ0n) is 10.5. The van der Waals surface area contributed by atoms with Gasteiger partial charge in [-0.05, 0) is 24.3 Å². The first-order valence-electron chi connectivity index (χ1n) is 5.64. The minimum absolute atomic E-state index is 0.0441. The van der Waals surface area contributed by atoms with Gasteiger partial charge in [-0.15, -0.1) is 0 Å². The Morgan fingerprint density at radius 1 is 1.14 bits per heavy atom. The molecular weight excluding hydrogens is 317 g/mol. The van der Waals surface area contributed by atoms with Crippen molar-refractivity contribution in [2.75, 3.05) is 0 Å². The Bertz CT molecular complexity index is 735. The lowest BCUT2D eigenvalue weighted by Crippen LogP contribution is -2.12. The summed E-state index contributed by atoms with van der Waals surface area (Å²) in [5.41, 5.74) is 5.44. The van der Waals surface area contributed by atoms with E-state index in [-0.39, 0.29) is 33.6 Å². The lowest BCUT2D eigenvalue weighted by molar-refractivity contribution is -0.385. The van der Waals surface area contributed by atoms with Crippen LogP contribution in [0.1, 0.15) is 5.56 Å². The fraction of sp³-hybridized carbons (Fsp3) is 0. The molecule has 108 valence electrons. The molecule has 0 bridgehead atoms. The first-order chi connectivity index (χ1) is 9.88. The van der Waals surface area contributed by atoms with Crippen molar-refractivity contribution in [1.82, 2.24) is 0 Å². The Labute approximate surface area is 129 Å². The molecule has 0 atom stereocenters. The fourth-order valence-electron chi connectivity index (χ4n) is 1.64. The molecule has 0 aliphatic carbocycles. The molecule has 0 amide bonds. The number of nitrogens with zero attached hydrogens (tertiary/aromatic N) is 1. The zero-order chi connectivity index (χ0) is 15.6. The number of ether oxygens (including phenoxy) is 1. The molecule has 6 nitrogen and oxygen atoms in total. The van der Waals surface area contributed by atoms with Gasteiger partial charge in [-0.2, -0.15) is 0 Å². The Kier molecular flexibility index (Phi) is 4.30. The van der Waals surface area contributed by atoms with Crippen LogP contribution in [0, 0.1) is 15.5 Å². The number of hydrogen-bond donors (Lipinski definition) is 2. The predicted octanol–water partition coefficient (Wildman–Crippen LogP) is 3.98. The second kappa shape index (κ2) is 5.99. The average Bonchev–Trinajstić information content (AvgIpc) is 2.40. The number of rotatable bonds is 4. The number of halogens is 2. The molecule has 0 spiro atoms. The number of nitro benzene ring substituents is 1. The molecule has 0 aliphatic heterocycles. The van der Waals surface area contributed by atoms with Crippen molar-refractivity contribution in [3.05, 3.63) is 62.1 Å². The van der Waals surface area contributed by atoms with Crippen LogP contribution in [0.3, 0.4) is 0 Å². The van der Waals surface area contributed by atoms with Crippen molar-refractivity contribution in [3.8, 4) is 11.5 Å². The molecular formula is C13H9Cl2N3O3. The van der Waals surface area contributed by atoms with Crippen molar-refractivity contribution < 1.29 is 9.66 Å². The highest BCUT2D eigenvalue weighted by atomic mass is 35.5. The average molecular weight is 326 g/mol. The lowest BCUT2D eigenvalue weighted by atomic mass is 10.2. The smallest absolute Gasteiger partial charge is 0.311 e. The van der Waals surface area contributed by atoms with E-state index in [1.807, 2.05) is 0 Å². The molecule has 0 heterocycles. The van der Waals surface area contributed by atoms with E-state index >= 15 is 0 Å².